The van der Waals surface area contributed by atoms with E-state index in [0.29, 0.717) is 36.8 Å². The summed E-state index contributed by atoms with van der Waals surface area (Å²) in [5.74, 6) is -1.62. The van der Waals surface area contributed by atoms with E-state index < -0.39 is 35.4 Å². The van der Waals surface area contributed by atoms with Gasteiger partial charge in [-0.2, -0.15) is 10.1 Å². The van der Waals surface area contributed by atoms with Gasteiger partial charge < -0.3 is 24.8 Å². The lowest BCUT2D eigenvalue weighted by Crippen LogP contribution is -2.49. The van der Waals surface area contributed by atoms with Gasteiger partial charge in [0.25, 0.3) is 0 Å². The standard InChI is InChI=1S/C31H35N5O6/c1-35-12-6-4-3-5-8-20-18-31(20,30(39)40)34-27(37)24-16-22(17-25(24)29(35)38)42-28-23-10-9-21(41-2)14-19(23)15-26(33-28)36-13-7-11-32-36/h5,7-11,13-15,20,22,24-25H,3-4,6,12,16-18H2,1-2H3,(H,34,37)(H,39,40)/b8-5-. The number of hydrogen-bond acceptors (Lipinski definition) is 7. The Hall–Kier alpha value is -4.41. The second-order valence-corrected chi connectivity index (χ2v) is 11.5. The quantitative estimate of drug-likeness (QED) is 0.444. The van der Waals surface area contributed by atoms with Gasteiger partial charge in [-0.15, -0.1) is 0 Å². The van der Waals surface area contributed by atoms with Crippen LogP contribution in [0.25, 0.3) is 16.6 Å². The molecule has 1 aliphatic heterocycles. The average Bonchev–Trinajstić information content (AvgIpc) is 3.31. The first-order valence-corrected chi connectivity index (χ1v) is 14.4. The van der Waals surface area contributed by atoms with Crippen molar-refractivity contribution < 1.29 is 29.0 Å². The first-order valence-electron chi connectivity index (χ1n) is 14.4. The smallest absolute Gasteiger partial charge is 0.330 e. The predicted octanol–water partition coefficient (Wildman–Crippen LogP) is 3.36. The number of aromatic nitrogens is 3. The molecule has 0 saturated heterocycles. The van der Waals surface area contributed by atoms with Gasteiger partial charge in [0.2, 0.25) is 17.7 Å². The third-order valence-corrected chi connectivity index (χ3v) is 8.78. The number of aliphatic carboxylic acids is 1. The zero-order valence-electron chi connectivity index (χ0n) is 23.7. The molecule has 0 radical (unpaired) electrons. The summed E-state index contributed by atoms with van der Waals surface area (Å²) in [5, 5.41) is 18.7. The van der Waals surface area contributed by atoms with Crippen molar-refractivity contribution in [2.45, 2.75) is 50.2 Å². The number of amides is 2. The Morgan fingerprint density at radius 3 is 2.76 bits per heavy atom. The number of methoxy groups -OCH3 is 1. The summed E-state index contributed by atoms with van der Waals surface area (Å²) in [4.78, 5) is 46.0. The van der Waals surface area contributed by atoms with Crippen LogP contribution < -0.4 is 14.8 Å². The van der Waals surface area contributed by atoms with Gasteiger partial charge in [-0.1, -0.05) is 12.2 Å². The Labute approximate surface area is 243 Å². The summed E-state index contributed by atoms with van der Waals surface area (Å²) < 4.78 is 13.6. The highest BCUT2D eigenvalue weighted by Gasteiger charge is 2.61. The summed E-state index contributed by atoms with van der Waals surface area (Å²) >= 11 is 0. The van der Waals surface area contributed by atoms with E-state index in [0.717, 1.165) is 30.0 Å². The monoisotopic (exact) mass is 573 g/mol. The molecular weight excluding hydrogens is 538 g/mol. The van der Waals surface area contributed by atoms with Crippen LogP contribution in [0, 0.1) is 17.8 Å². The molecule has 2 N–H and O–H groups in total. The Morgan fingerprint density at radius 2 is 2.00 bits per heavy atom. The number of nitrogens with one attached hydrogen (secondary N) is 1. The van der Waals surface area contributed by atoms with Crippen LogP contribution in [0.1, 0.15) is 38.5 Å². The fourth-order valence-corrected chi connectivity index (χ4v) is 6.28. The molecule has 3 aromatic rings. The van der Waals surface area contributed by atoms with Crippen molar-refractivity contribution in [3.05, 3.63) is 54.9 Å². The fourth-order valence-electron chi connectivity index (χ4n) is 6.28. The van der Waals surface area contributed by atoms with Crippen molar-refractivity contribution >= 4 is 28.6 Å². The second kappa shape index (κ2) is 11.1. The minimum absolute atomic E-state index is 0.126. The van der Waals surface area contributed by atoms with Crippen molar-refractivity contribution in [1.29, 1.82) is 0 Å². The Kier molecular flexibility index (Phi) is 7.34. The van der Waals surface area contributed by atoms with E-state index in [1.807, 2.05) is 36.4 Å². The SMILES string of the molecule is COc1ccc2c(OC3CC4C(=O)NC5(C(=O)O)CC5/C=C\CCCCN(C)C(=O)C4C3)nc(-n3cccn3)cc2c1. The van der Waals surface area contributed by atoms with Gasteiger partial charge in [-0.05, 0) is 74.2 Å². The van der Waals surface area contributed by atoms with Crippen LogP contribution in [0.4, 0.5) is 0 Å². The highest BCUT2D eigenvalue weighted by molar-refractivity contribution is 5.94. The van der Waals surface area contributed by atoms with Gasteiger partial charge in [-0.25, -0.2) is 9.48 Å². The van der Waals surface area contributed by atoms with Crippen LogP contribution >= 0.6 is 0 Å². The third-order valence-electron chi connectivity index (χ3n) is 8.78. The van der Waals surface area contributed by atoms with E-state index in [1.54, 1.807) is 42.2 Å². The molecule has 2 amide bonds. The average molecular weight is 574 g/mol. The number of nitrogens with zero attached hydrogens (tertiary/aromatic N) is 4. The number of hydrogen-bond donors (Lipinski definition) is 2. The summed E-state index contributed by atoms with van der Waals surface area (Å²) in [6.07, 6.45) is 10.3. The molecule has 6 rings (SSSR count). The number of benzene rings is 1. The zero-order chi connectivity index (χ0) is 29.4. The fraction of sp³-hybridized carbons (Fsp3) is 0.452. The third kappa shape index (κ3) is 5.19. The molecule has 11 nitrogen and oxygen atoms in total. The van der Waals surface area contributed by atoms with Crippen molar-refractivity contribution in [3.63, 3.8) is 0 Å². The number of pyridine rings is 1. The van der Waals surface area contributed by atoms with Crippen molar-refractivity contribution in [2.75, 3.05) is 20.7 Å². The van der Waals surface area contributed by atoms with Crippen LogP contribution in [0.5, 0.6) is 11.6 Å². The molecule has 1 aromatic carbocycles. The van der Waals surface area contributed by atoms with E-state index >= 15 is 0 Å². The lowest BCUT2D eigenvalue weighted by Gasteiger charge is -2.26. The Bertz CT molecular complexity index is 1540. The molecule has 5 atom stereocenters. The highest BCUT2D eigenvalue weighted by Crippen LogP contribution is 2.46. The molecule has 2 fully saturated rings. The summed E-state index contributed by atoms with van der Waals surface area (Å²) in [6.45, 7) is 0.589. The molecule has 3 heterocycles. The second-order valence-electron chi connectivity index (χ2n) is 11.5. The van der Waals surface area contributed by atoms with Crippen molar-refractivity contribution in [2.24, 2.45) is 17.8 Å². The van der Waals surface area contributed by atoms with Gasteiger partial charge in [0.1, 0.15) is 17.4 Å². The van der Waals surface area contributed by atoms with E-state index in [1.165, 1.54) is 0 Å². The largest absolute Gasteiger partial charge is 0.497 e. The molecule has 220 valence electrons. The van der Waals surface area contributed by atoms with E-state index in [4.69, 9.17) is 14.5 Å². The number of allylic oxidation sites excluding steroid dienone is 1. The van der Waals surface area contributed by atoms with Crippen LogP contribution in [-0.2, 0) is 14.4 Å². The van der Waals surface area contributed by atoms with Crippen molar-refractivity contribution in [1.82, 2.24) is 25.0 Å². The molecule has 11 heteroatoms. The van der Waals surface area contributed by atoms with E-state index in [2.05, 4.69) is 10.4 Å². The predicted molar refractivity (Wildman–Crippen MR) is 153 cm³/mol. The molecule has 2 saturated carbocycles. The highest BCUT2D eigenvalue weighted by atomic mass is 16.5. The zero-order valence-corrected chi connectivity index (χ0v) is 23.7. The first kappa shape index (κ1) is 27.7. The maximum absolute atomic E-state index is 13.7. The number of ether oxygens (including phenoxy) is 2. The van der Waals surface area contributed by atoms with Gasteiger partial charge in [0, 0.05) is 37.3 Å². The van der Waals surface area contributed by atoms with Crippen LogP contribution in [0.2, 0.25) is 0 Å². The lowest BCUT2D eigenvalue weighted by molar-refractivity contribution is -0.145. The topological polar surface area (TPSA) is 136 Å². The minimum atomic E-state index is -1.33. The van der Waals surface area contributed by atoms with Crippen LogP contribution in [-0.4, -0.2) is 74.9 Å². The maximum Gasteiger partial charge on any atom is 0.330 e. The lowest BCUT2D eigenvalue weighted by atomic mass is 9.93. The minimum Gasteiger partial charge on any atom is -0.497 e. The number of fused-ring (bicyclic) bond motifs is 3. The molecule has 0 spiro atoms. The molecular formula is C31H35N5O6. The maximum atomic E-state index is 13.7. The summed E-state index contributed by atoms with van der Waals surface area (Å²) in [7, 11) is 3.37. The molecule has 5 unspecified atom stereocenters. The van der Waals surface area contributed by atoms with Gasteiger partial charge in [0.15, 0.2) is 5.82 Å². The molecule has 2 aromatic heterocycles. The van der Waals surface area contributed by atoms with Gasteiger partial charge in [0.05, 0.1) is 18.9 Å². The number of carboxylic acids is 1. The first-order chi connectivity index (χ1) is 20.3. The van der Waals surface area contributed by atoms with Crippen LogP contribution in [0.15, 0.2) is 54.9 Å². The Morgan fingerprint density at radius 1 is 1.17 bits per heavy atom. The van der Waals surface area contributed by atoms with Gasteiger partial charge in [-0.3, -0.25) is 9.59 Å². The molecule has 42 heavy (non-hydrogen) atoms. The molecule has 2 aliphatic carbocycles. The van der Waals surface area contributed by atoms with E-state index in [-0.39, 0.29) is 18.2 Å². The normalized spacial score (nSPS) is 28.8. The molecule has 0 bridgehead atoms. The number of carbonyl (C=O) groups excluding carboxylic acids is 2. The van der Waals surface area contributed by atoms with Gasteiger partial charge >= 0.3 is 5.97 Å². The Balaban J connectivity index is 1.32. The number of carbonyl (C=O) groups is 3. The number of carboxylic acid groups (broad SMARTS) is 1. The molecule has 3 aliphatic rings. The summed E-state index contributed by atoms with van der Waals surface area (Å²) in [6, 6.07) is 9.28. The summed E-state index contributed by atoms with van der Waals surface area (Å²) in [5.41, 5.74) is -1.33. The number of rotatable bonds is 5. The van der Waals surface area contributed by atoms with E-state index in [9.17, 15) is 19.5 Å². The van der Waals surface area contributed by atoms with Crippen LogP contribution in [0.3, 0.4) is 0 Å². The van der Waals surface area contributed by atoms with Crippen molar-refractivity contribution in [3.8, 4) is 17.4 Å².